The molecular formula is C19H22BrNO4S2. The highest BCUT2D eigenvalue weighted by Crippen LogP contribution is 2.52. The van der Waals surface area contributed by atoms with Gasteiger partial charge in [0.15, 0.2) is 0 Å². The second-order valence-corrected chi connectivity index (χ2v) is 9.89. The molecule has 3 aliphatic rings. The number of fused-ring (bicyclic) bond motifs is 5. The van der Waals surface area contributed by atoms with Crippen LogP contribution in [0.4, 0.5) is 0 Å². The van der Waals surface area contributed by atoms with E-state index in [1.54, 1.807) is 12.1 Å². The lowest BCUT2D eigenvalue weighted by Crippen LogP contribution is -3.00. The maximum Gasteiger partial charge on any atom is 0.349 e. The number of aliphatic hydroxyl groups is 1. The number of thiophene rings is 2. The highest BCUT2D eigenvalue weighted by atomic mass is 79.9. The van der Waals surface area contributed by atoms with Crippen molar-refractivity contribution in [1.82, 2.24) is 0 Å². The van der Waals surface area contributed by atoms with Gasteiger partial charge in [0.2, 0.25) is 5.60 Å². The summed E-state index contributed by atoms with van der Waals surface area (Å²) in [4.78, 5) is 14.3. The van der Waals surface area contributed by atoms with Crippen molar-refractivity contribution in [2.24, 2.45) is 0 Å². The van der Waals surface area contributed by atoms with Gasteiger partial charge < -0.3 is 36.0 Å². The predicted octanol–water partition coefficient (Wildman–Crippen LogP) is -0.650. The number of hydrogen-bond acceptors (Lipinski definition) is 6. The molecule has 27 heavy (non-hydrogen) atoms. The van der Waals surface area contributed by atoms with Gasteiger partial charge in [-0.05, 0) is 22.9 Å². The summed E-state index contributed by atoms with van der Waals surface area (Å²) in [6.07, 6.45) is 2.05. The number of rotatable bonds is 4. The van der Waals surface area contributed by atoms with Crippen LogP contribution in [0.2, 0.25) is 0 Å². The van der Waals surface area contributed by atoms with Crippen molar-refractivity contribution in [3.63, 3.8) is 0 Å². The molecule has 0 radical (unpaired) electrons. The smallest absolute Gasteiger partial charge is 0.349 e. The molecule has 5 atom stereocenters. The minimum Gasteiger partial charge on any atom is -1.00 e. The molecule has 0 amide bonds. The average Bonchev–Trinajstić information content (AvgIpc) is 2.98. The van der Waals surface area contributed by atoms with E-state index in [0.29, 0.717) is 34.0 Å². The number of hydrogen-bond donors (Lipinski definition) is 1. The highest BCUT2D eigenvalue weighted by molar-refractivity contribution is 7.12. The van der Waals surface area contributed by atoms with Crippen molar-refractivity contribution in [3.8, 4) is 0 Å². The van der Waals surface area contributed by atoms with Gasteiger partial charge >= 0.3 is 5.97 Å². The Hall–Kier alpha value is -0.770. The molecule has 3 fully saturated rings. The van der Waals surface area contributed by atoms with Crippen LogP contribution in [0.1, 0.15) is 22.6 Å². The number of carbonyl (C=O) groups excluding carboxylic acids is 1. The molecule has 0 aromatic carbocycles. The van der Waals surface area contributed by atoms with Crippen LogP contribution in [0.15, 0.2) is 35.0 Å². The SMILES string of the molecule is C[N+]1(C)C2CC(OC(=O)C(O)(c3cccs3)c3cccs3)CC1[C@H]1OC21.[Br-]. The molecule has 2 bridgehead atoms. The predicted molar refractivity (Wildman–Crippen MR) is 99.1 cm³/mol. The fourth-order valence-corrected chi connectivity index (χ4v) is 6.54. The van der Waals surface area contributed by atoms with E-state index in [-0.39, 0.29) is 23.1 Å². The standard InChI is InChI=1S/C19H22NO4S2.BrH/c1-20(2)12-9-11(10-13(20)17-16(12)24-17)23-18(21)19(22,14-5-3-7-25-14)15-6-4-8-26-15;/h3-8,11-13,16-17,22H,9-10H2,1-2H3;1H/q+1;/p-1/t11?,12?,13?,16-,17?;/m1./s1. The average molecular weight is 472 g/mol. The third-order valence-corrected chi connectivity index (χ3v) is 8.32. The van der Waals surface area contributed by atoms with Crippen LogP contribution in [-0.4, -0.2) is 60.0 Å². The van der Waals surface area contributed by atoms with Crippen molar-refractivity contribution in [1.29, 1.82) is 0 Å². The Balaban J connectivity index is 0.00000180. The van der Waals surface area contributed by atoms with Crippen LogP contribution in [-0.2, 0) is 19.9 Å². The van der Waals surface area contributed by atoms with E-state index in [9.17, 15) is 9.90 Å². The summed E-state index contributed by atoms with van der Waals surface area (Å²) in [7, 11) is 4.49. The molecule has 5 heterocycles. The van der Waals surface area contributed by atoms with Gasteiger partial charge in [0.05, 0.1) is 23.8 Å². The summed E-state index contributed by atoms with van der Waals surface area (Å²) in [6, 6.07) is 8.01. The van der Waals surface area contributed by atoms with Crippen molar-refractivity contribution in [2.75, 3.05) is 14.1 Å². The molecule has 8 heteroatoms. The van der Waals surface area contributed by atoms with E-state index >= 15 is 0 Å². The number of halogens is 1. The van der Waals surface area contributed by atoms with Crippen LogP contribution in [0.5, 0.6) is 0 Å². The topological polar surface area (TPSA) is 59.1 Å². The fraction of sp³-hybridized carbons (Fsp3) is 0.526. The van der Waals surface area contributed by atoms with Crippen LogP contribution < -0.4 is 17.0 Å². The van der Waals surface area contributed by atoms with Gasteiger partial charge in [-0.15, -0.1) is 22.7 Å². The van der Waals surface area contributed by atoms with Crippen LogP contribution in [0.3, 0.4) is 0 Å². The number of likely N-dealkylation sites (N-methyl/N-ethyl adjacent to an activating group) is 1. The Kier molecular flexibility index (Phi) is 4.81. The van der Waals surface area contributed by atoms with E-state index in [2.05, 4.69) is 14.1 Å². The zero-order valence-electron chi connectivity index (χ0n) is 15.1. The fourth-order valence-electron chi connectivity index (χ4n) is 4.83. The molecule has 5 rings (SSSR count). The number of esters is 1. The molecule has 2 aromatic rings. The first kappa shape index (κ1) is 19.5. The lowest BCUT2D eigenvalue weighted by atomic mass is 9.95. The van der Waals surface area contributed by atoms with Gasteiger partial charge in [-0.25, -0.2) is 4.79 Å². The summed E-state index contributed by atoms with van der Waals surface area (Å²) < 4.78 is 12.6. The molecular weight excluding hydrogens is 450 g/mol. The zero-order valence-corrected chi connectivity index (χ0v) is 18.3. The minimum atomic E-state index is -1.72. The van der Waals surface area contributed by atoms with E-state index in [4.69, 9.17) is 9.47 Å². The van der Waals surface area contributed by atoms with E-state index in [1.165, 1.54) is 22.7 Å². The molecule has 146 valence electrons. The van der Waals surface area contributed by atoms with Gasteiger partial charge in [0.25, 0.3) is 0 Å². The first-order valence-electron chi connectivity index (χ1n) is 8.92. The van der Waals surface area contributed by atoms with Crippen molar-refractivity contribution < 1.29 is 40.8 Å². The van der Waals surface area contributed by atoms with Crippen LogP contribution >= 0.6 is 22.7 Å². The minimum absolute atomic E-state index is 0. The molecule has 4 unspecified atom stereocenters. The quantitative estimate of drug-likeness (QED) is 0.365. The van der Waals surface area contributed by atoms with E-state index < -0.39 is 11.6 Å². The summed E-state index contributed by atoms with van der Waals surface area (Å²) in [6.45, 7) is 0. The number of quaternary nitrogens is 1. The largest absolute Gasteiger partial charge is 1.00 e. The Labute approximate surface area is 176 Å². The lowest BCUT2D eigenvalue weighted by Gasteiger charge is -2.45. The molecule has 5 nitrogen and oxygen atoms in total. The van der Waals surface area contributed by atoms with Gasteiger partial charge in [-0.1, -0.05) is 12.1 Å². The molecule has 0 saturated carbocycles. The maximum atomic E-state index is 13.1. The Morgan fingerprint density at radius 3 is 2.11 bits per heavy atom. The van der Waals surface area contributed by atoms with Crippen molar-refractivity contribution >= 4 is 28.6 Å². The normalized spacial score (nSPS) is 33.1. The third kappa shape index (κ3) is 2.84. The summed E-state index contributed by atoms with van der Waals surface area (Å²) in [5.41, 5.74) is -1.72. The molecule has 3 aliphatic heterocycles. The zero-order chi connectivity index (χ0) is 18.1. The first-order valence-corrected chi connectivity index (χ1v) is 10.7. The summed E-state index contributed by atoms with van der Waals surface area (Å²) in [5.74, 6) is -0.561. The lowest BCUT2D eigenvalue weighted by molar-refractivity contribution is -0.938. The first-order chi connectivity index (χ1) is 12.4. The van der Waals surface area contributed by atoms with E-state index in [1.807, 2.05) is 22.9 Å². The summed E-state index contributed by atoms with van der Waals surface area (Å²) >= 11 is 2.74. The summed E-state index contributed by atoms with van der Waals surface area (Å²) in [5, 5.41) is 15.1. The second-order valence-electron chi connectivity index (χ2n) is 7.99. The molecule has 1 N–H and O–H groups in total. The van der Waals surface area contributed by atoms with Gasteiger partial charge in [-0.2, -0.15) is 0 Å². The maximum absolute atomic E-state index is 13.1. The van der Waals surface area contributed by atoms with Crippen molar-refractivity contribution in [2.45, 2.75) is 48.8 Å². The highest BCUT2D eigenvalue weighted by Gasteiger charge is 2.71. The van der Waals surface area contributed by atoms with Gasteiger partial charge in [0, 0.05) is 12.8 Å². The van der Waals surface area contributed by atoms with E-state index in [0.717, 1.165) is 17.3 Å². The molecule has 0 spiro atoms. The van der Waals surface area contributed by atoms with Gasteiger partial charge in [-0.3, -0.25) is 0 Å². The van der Waals surface area contributed by atoms with Gasteiger partial charge in [0.1, 0.15) is 30.4 Å². The van der Waals surface area contributed by atoms with Crippen LogP contribution in [0.25, 0.3) is 0 Å². The Morgan fingerprint density at radius 1 is 1.15 bits per heavy atom. The number of epoxide rings is 1. The molecule has 2 aromatic heterocycles. The number of morpholine rings is 1. The third-order valence-electron chi connectivity index (χ3n) is 6.36. The monoisotopic (exact) mass is 471 g/mol. The molecule has 3 saturated heterocycles. The Morgan fingerprint density at radius 2 is 1.67 bits per heavy atom. The number of carbonyl (C=O) groups is 1. The van der Waals surface area contributed by atoms with Crippen molar-refractivity contribution in [3.05, 3.63) is 44.8 Å². The number of ether oxygens (including phenoxy) is 2. The second kappa shape index (κ2) is 6.64. The number of nitrogens with zero attached hydrogens (tertiary/aromatic N) is 1. The number of piperidine rings is 1. The molecule has 0 aliphatic carbocycles. The Bertz CT molecular complexity index is 769. The van der Waals surface area contributed by atoms with Crippen LogP contribution in [0, 0.1) is 0 Å².